The smallest absolute Gasteiger partial charge is 0.276 e. The highest BCUT2D eigenvalue weighted by Gasteiger charge is 2.36. The molecule has 0 unspecified atom stereocenters. The van der Waals surface area contributed by atoms with E-state index in [-0.39, 0.29) is 24.2 Å². The van der Waals surface area contributed by atoms with Crippen molar-refractivity contribution < 1.29 is 19.2 Å². The number of likely N-dealkylation sites (tertiary alicyclic amines) is 1. The first-order chi connectivity index (χ1) is 10.6. The van der Waals surface area contributed by atoms with Crippen LogP contribution in [0.5, 0.6) is 5.75 Å². The molecule has 0 aliphatic carbocycles. The lowest BCUT2D eigenvalue weighted by Gasteiger charge is -2.24. The Balaban J connectivity index is 1.90. The molecule has 0 radical (unpaired) electrons. The van der Waals surface area contributed by atoms with Crippen molar-refractivity contribution in [1.29, 1.82) is 0 Å². The number of hydrogen-bond donors (Lipinski definition) is 1. The van der Waals surface area contributed by atoms with E-state index in [0.717, 1.165) is 11.3 Å². The lowest BCUT2D eigenvalue weighted by atomic mass is 10.0. The Morgan fingerprint density at radius 2 is 2.27 bits per heavy atom. The van der Waals surface area contributed by atoms with Gasteiger partial charge in [0.2, 0.25) is 0 Å². The van der Waals surface area contributed by atoms with Gasteiger partial charge in [0.25, 0.3) is 5.91 Å². The summed E-state index contributed by atoms with van der Waals surface area (Å²) in [7, 11) is 1.60. The first-order valence-corrected chi connectivity index (χ1v) is 7.15. The molecular weight excluding hydrogens is 284 g/mol. The number of aliphatic hydroxyl groups is 1. The minimum Gasteiger partial charge on any atom is -0.497 e. The maximum Gasteiger partial charge on any atom is 0.276 e. The second-order valence-corrected chi connectivity index (χ2v) is 5.46. The van der Waals surface area contributed by atoms with Crippen LogP contribution < -0.4 is 4.74 Å². The lowest BCUT2D eigenvalue weighted by Crippen LogP contribution is -2.32. The molecule has 3 rings (SSSR count). The van der Waals surface area contributed by atoms with E-state index in [1.165, 1.54) is 0 Å². The average molecular weight is 302 g/mol. The summed E-state index contributed by atoms with van der Waals surface area (Å²) in [5, 5.41) is 13.8. The molecule has 2 heterocycles. The second-order valence-electron chi connectivity index (χ2n) is 5.46. The molecule has 2 atom stereocenters. The predicted molar refractivity (Wildman–Crippen MR) is 78.6 cm³/mol. The van der Waals surface area contributed by atoms with Gasteiger partial charge in [-0.15, -0.1) is 0 Å². The van der Waals surface area contributed by atoms with Gasteiger partial charge in [0.15, 0.2) is 5.69 Å². The number of aromatic nitrogens is 1. The molecule has 1 aliphatic rings. The minimum atomic E-state index is -0.548. The molecule has 1 saturated heterocycles. The van der Waals surface area contributed by atoms with Crippen molar-refractivity contribution in [3.63, 3.8) is 0 Å². The van der Waals surface area contributed by atoms with Crippen LogP contribution in [0, 0.1) is 6.92 Å². The molecule has 1 aromatic heterocycles. The van der Waals surface area contributed by atoms with Gasteiger partial charge in [-0.3, -0.25) is 4.79 Å². The van der Waals surface area contributed by atoms with Gasteiger partial charge in [-0.25, -0.2) is 0 Å². The zero-order valence-electron chi connectivity index (χ0n) is 12.5. The standard InChI is InChI=1S/C16H18N2O4/c1-10-6-14(17-22-10)16(20)18-9-12(19)8-15(18)11-4-3-5-13(7-11)21-2/h3-7,12,15,19H,8-9H2,1-2H3/t12-,15+/m1/s1. The Morgan fingerprint density at radius 3 is 2.95 bits per heavy atom. The third-order valence-corrected chi connectivity index (χ3v) is 3.87. The van der Waals surface area contributed by atoms with E-state index in [1.807, 2.05) is 24.3 Å². The lowest BCUT2D eigenvalue weighted by molar-refractivity contribution is 0.0705. The average Bonchev–Trinajstić information content (AvgIpc) is 3.12. The number of rotatable bonds is 3. The van der Waals surface area contributed by atoms with Crippen LogP contribution in [0.1, 0.15) is 34.3 Å². The zero-order chi connectivity index (χ0) is 15.7. The van der Waals surface area contributed by atoms with E-state index in [0.29, 0.717) is 12.2 Å². The summed E-state index contributed by atoms with van der Waals surface area (Å²) in [5.74, 6) is 1.07. The number of aliphatic hydroxyl groups excluding tert-OH is 1. The summed E-state index contributed by atoms with van der Waals surface area (Å²) in [6.45, 7) is 2.02. The summed E-state index contributed by atoms with van der Waals surface area (Å²) >= 11 is 0. The summed E-state index contributed by atoms with van der Waals surface area (Å²) in [6, 6.07) is 8.95. The molecule has 1 aromatic carbocycles. The fourth-order valence-electron chi connectivity index (χ4n) is 2.82. The van der Waals surface area contributed by atoms with Gasteiger partial charge in [-0.1, -0.05) is 17.3 Å². The summed E-state index contributed by atoms with van der Waals surface area (Å²) in [5.41, 5.74) is 1.20. The summed E-state index contributed by atoms with van der Waals surface area (Å²) in [6.07, 6.45) is -0.0522. The number of benzene rings is 1. The van der Waals surface area contributed by atoms with Crippen molar-refractivity contribution in [2.45, 2.75) is 25.5 Å². The quantitative estimate of drug-likeness (QED) is 0.937. The van der Waals surface area contributed by atoms with Gasteiger partial charge >= 0.3 is 0 Å². The van der Waals surface area contributed by atoms with E-state index in [2.05, 4.69) is 5.16 Å². The molecule has 0 bridgehead atoms. The minimum absolute atomic E-state index is 0.199. The third-order valence-electron chi connectivity index (χ3n) is 3.87. The van der Waals surface area contributed by atoms with Crippen molar-refractivity contribution in [3.8, 4) is 5.75 Å². The van der Waals surface area contributed by atoms with E-state index in [4.69, 9.17) is 9.26 Å². The Hall–Kier alpha value is -2.34. The number of hydrogen-bond acceptors (Lipinski definition) is 5. The van der Waals surface area contributed by atoms with Gasteiger partial charge in [0.05, 0.1) is 19.3 Å². The van der Waals surface area contributed by atoms with Crippen LogP contribution in [0.2, 0.25) is 0 Å². The van der Waals surface area contributed by atoms with Crippen LogP contribution in [0.25, 0.3) is 0 Å². The summed E-state index contributed by atoms with van der Waals surface area (Å²) in [4.78, 5) is 14.2. The first-order valence-electron chi connectivity index (χ1n) is 7.15. The van der Waals surface area contributed by atoms with Crippen LogP contribution in [-0.4, -0.2) is 40.8 Å². The molecule has 1 amide bonds. The Labute approximate surface area is 128 Å². The van der Waals surface area contributed by atoms with Crippen molar-refractivity contribution in [3.05, 3.63) is 47.3 Å². The molecule has 0 saturated carbocycles. The number of β-amino-alcohol motifs (C(OH)–C–C–N with tert-alkyl or cyclic N) is 1. The van der Waals surface area contributed by atoms with Crippen LogP contribution in [0.4, 0.5) is 0 Å². The Kier molecular flexibility index (Phi) is 3.85. The molecule has 1 fully saturated rings. The topological polar surface area (TPSA) is 75.8 Å². The summed E-state index contributed by atoms with van der Waals surface area (Å²) < 4.78 is 10.2. The van der Waals surface area contributed by atoms with E-state index in [1.54, 1.807) is 25.0 Å². The van der Waals surface area contributed by atoms with E-state index < -0.39 is 6.10 Å². The number of amides is 1. The largest absolute Gasteiger partial charge is 0.497 e. The van der Waals surface area contributed by atoms with Gasteiger partial charge in [0.1, 0.15) is 11.5 Å². The SMILES string of the molecule is COc1cccc([C@@H]2C[C@@H](O)CN2C(=O)c2cc(C)on2)c1. The molecule has 6 nitrogen and oxygen atoms in total. The van der Waals surface area contributed by atoms with Crippen LogP contribution in [-0.2, 0) is 0 Å². The fraction of sp³-hybridized carbons (Fsp3) is 0.375. The second kappa shape index (κ2) is 5.81. The van der Waals surface area contributed by atoms with Crippen LogP contribution >= 0.6 is 0 Å². The molecular formula is C16H18N2O4. The maximum absolute atomic E-state index is 12.6. The van der Waals surface area contributed by atoms with Gasteiger partial charge in [-0.2, -0.15) is 0 Å². The first kappa shape index (κ1) is 14.6. The van der Waals surface area contributed by atoms with Crippen molar-refractivity contribution in [2.75, 3.05) is 13.7 Å². The molecule has 1 N–H and O–H groups in total. The van der Waals surface area contributed by atoms with Gasteiger partial charge in [-0.05, 0) is 31.0 Å². The monoisotopic (exact) mass is 302 g/mol. The van der Waals surface area contributed by atoms with Crippen molar-refractivity contribution in [2.24, 2.45) is 0 Å². The number of aryl methyl sites for hydroxylation is 1. The van der Waals surface area contributed by atoms with Gasteiger partial charge < -0.3 is 19.3 Å². The maximum atomic E-state index is 12.6. The van der Waals surface area contributed by atoms with Crippen molar-refractivity contribution >= 4 is 5.91 Å². The number of carbonyl (C=O) groups excluding carboxylic acids is 1. The highest BCUT2D eigenvalue weighted by molar-refractivity contribution is 5.92. The fourth-order valence-corrected chi connectivity index (χ4v) is 2.82. The predicted octanol–water partition coefficient (Wildman–Crippen LogP) is 1.94. The number of carbonyl (C=O) groups is 1. The Bertz CT molecular complexity index is 682. The third kappa shape index (κ3) is 2.69. The van der Waals surface area contributed by atoms with E-state index >= 15 is 0 Å². The molecule has 0 spiro atoms. The molecule has 6 heteroatoms. The highest BCUT2D eigenvalue weighted by Crippen LogP contribution is 2.34. The van der Waals surface area contributed by atoms with E-state index in [9.17, 15) is 9.90 Å². The van der Waals surface area contributed by atoms with Gasteiger partial charge in [0, 0.05) is 12.6 Å². The Morgan fingerprint density at radius 1 is 1.45 bits per heavy atom. The molecule has 1 aliphatic heterocycles. The molecule has 116 valence electrons. The molecule has 22 heavy (non-hydrogen) atoms. The van der Waals surface area contributed by atoms with Crippen LogP contribution in [0.15, 0.2) is 34.9 Å². The number of ether oxygens (including phenoxy) is 1. The molecule has 2 aromatic rings. The normalized spacial score (nSPS) is 21.1. The number of methoxy groups -OCH3 is 1. The van der Waals surface area contributed by atoms with Crippen molar-refractivity contribution in [1.82, 2.24) is 10.1 Å². The zero-order valence-corrected chi connectivity index (χ0v) is 12.5. The number of nitrogens with zero attached hydrogens (tertiary/aromatic N) is 2. The van der Waals surface area contributed by atoms with Crippen LogP contribution in [0.3, 0.4) is 0 Å². The highest BCUT2D eigenvalue weighted by atomic mass is 16.5.